The van der Waals surface area contributed by atoms with Gasteiger partial charge in [-0.05, 0) is 79.8 Å². The van der Waals surface area contributed by atoms with Crippen molar-refractivity contribution in [2.75, 3.05) is 58.1 Å². The lowest BCUT2D eigenvalue weighted by molar-refractivity contribution is -0.121. The second kappa shape index (κ2) is 19.8. The number of likely N-dealkylation sites (tertiary alicyclic amines) is 1. The third-order valence-electron chi connectivity index (χ3n) is 10.0. The van der Waals surface area contributed by atoms with Crippen LogP contribution in [0.25, 0.3) is 0 Å². The molecule has 2 unspecified atom stereocenters. The molecule has 0 saturated carbocycles. The summed E-state index contributed by atoms with van der Waals surface area (Å²) in [6.07, 6.45) is 0.839. The normalized spacial score (nSPS) is 16.8. The Bertz CT molecular complexity index is 2060. The van der Waals surface area contributed by atoms with Crippen LogP contribution in [0.4, 0.5) is 10.5 Å². The van der Waals surface area contributed by atoms with Crippen LogP contribution in [-0.2, 0) is 41.8 Å². The Labute approximate surface area is 334 Å². The minimum absolute atomic E-state index is 0.0112. The zero-order valence-corrected chi connectivity index (χ0v) is 33.2. The summed E-state index contributed by atoms with van der Waals surface area (Å²) >= 11 is 0. The van der Waals surface area contributed by atoms with Gasteiger partial charge in [-0.2, -0.15) is 8.42 Å². The number of ether oxygens (including phenoxy) is 5. The van der Waals surface area contributed by atoms with E-state index in [-0.39, 0.29) is 43.1 Å². The maximum Gasteiger partial charge on any atom is 0.407 e. The quantitative estimate of drug-likeness (QED) is 0.0775. The van der Waals surface area contributed by atoms with E-state index in [9.17, 15) is 23.1 Å². The van der Waals surface area contributed by atoms with Gasteiger partial charge in [0.05, 0.1) is 63.4 Å². The van der Waals surface area contributed by atoms with Crippen molar-refractivity contribution in [1.82, 2.24) is 4.90 Å². The number of benzene rings is 4. The molecule has 4 aromatic carbocycles. The molecule has 6 rings (SSSR count). The van der Waals surface area contributed by atoms with Gasteiger partial charge in [0.25, 0.3) is 16.0 Å². The molecule has 0 aromatic heterocycles. The Hall–Kier alpha value is -5.15. The SMILES string of the molecule is COc1ccccc1COCCCOc1ccc(C2CCN(C(=O)O)CC2OCc2ccc3c(c2)N(CCCCOS(=O)(=O)c2ccc(C)cc2)C(=O)CO3)cc1. The van der Waals surface area contributed by atoms with Crippen molar-refractivity contribution in [3.05, 3.63) is 113 Å². The molecule has 2 aliphatic heterocycles. The van der Waals surface area contributed by atoms with E-state index < -0.39 is 22.3 Å². The standard InChI is InChI=1S/C43H50N2O11S/c1-31-10-17-36(18-11-31)57(49,50)56-25-6-5-21-45-38-26-32(12-19-40(38)55-30-42(45)46)28-54-41-27-44(43(47)48)22-20-37(41)33-13-15-35(16-14-33)53-24-7-23-52-29-34-8-3-4-9-39(34)51-2/h3-4,8-19,26,37,41H,5-7,20-25,27-30H2,1-2H3,(H,47,48). The molecule has 13 nitrogen and oxygen atoms in total. The third-order valence-corrected chi connectivity index (χ3v) is 11.4. The fraction of sp³-hybridized carbons (Fsp3) is 0.395. The number of methoxy groups -OCH3 is 1. The molecule has 0 radical (unpaired) electrons. The molecule has 0 bridgehead atoms. The van der Waals surface area contributed by atoms with Crippen LogP contribution in [0, 0.1) is 6.92 Å². The summed E-state index contributed by atoms with van der Waals surface area (Å²) in [5, 5.41) is 9.79. The average Bonchev–Trinajstić information content (AvgIpc) is 3.22. The van der Waals surface area contributed by atoms with Crippen LogP contribution in [0.15, 0.2) is 95.9 Å². The third kappa shape index (κ3) is 11.3. The molecule has 2 atom stereocenters. The lowest BCUT2D eigenvalue weighted by Gasteiger charge is -2.37. The molecular weight excluding hydrogens is 753 g/mol. The number of carbonyl (C=O) groups is 2. The molecule has 4 aromatic rings. The Balaban J connectivity index is 1.01. The van der Waals surface area contributed by atoms with Gasteiger partial charge in [0.15, 0.2) is 6.61 Å². The second-order valence-corrected chi connectivity index (χ2v) is 15.7. The summed E-state index contributed by atoms with van der Waals surface area (Å²) in [5.74, 6) is 1.85. The van der Waals surface area contributed by atoms with Gasteiger partial charge >= 0.3 is 6.09 Å². The molecule has 1 N–H and O–H groups in total. The number of piperidine rings is 1. The van der Waals surface area contributed by atoms with Gasteiger partial charge in [-0.1, -0.05) is 54.1 Å². The van der Waals surface area contributed by atoms with E-state index in [1.54, 1.807) is 30.2 Å². The van der Waals surface area contributed by atoms with Gasteiger partial charge in [0.2, 0.25) is 0 Å². The van der Waals surface area contributed by atoms with Gasteiger partial charge in [0, 0.05) is 31.0 Å². The van der Waals surface area contributed by atoms with Crippen molar-refractivity contribution in [2.45, 2.75) is 62.7 Å². The highest BCUT2D eigenvalue weighted by Gasteiger charge is 2.34. The van der Waals surface area contributed by atoms with E-state index in [0.717, 1.165) is 40.2 Å². The molecule has 14 heteroatoms. The predicted octanol–water partition coefficient (Wildman–Crippen LogP) is 6.95. The lowest BCUT2D eigenvalue weighted by Crippen LogP contribution is -2.46. The first-order chi connectivity index (χ1) is 27.6. The number of fused-ring (bicyclic) bond motifs is 1. The minimum atomic E-state index is -3.87. The molecule has 0 spiro atoms. The van der Waals surface area contributed by atoms with Crippen LogP contribution in [-0.4, -0.2) is 89.7 Å². The number of carboxylic acid groups (broad SMARTS) is 1. The fourth-order valence-corrected chi connectivity index (χ4v) is 7.85. The Morgan fingerprint density at radius 1 is 0.912 bits per heavy atom. The maximum atomic E-state index is 13.0. The predicted molar refractivity (Wildman–Crippen MR) is 213 cm³/mol. The monoisotopic (exact) mass is 802 g/mol. The summed E-state index contributed by atoms with van der Waals surface area (Å²) in [4.78, 5) is 28.1. The summed E-state index contributed by atoms with van der Waals surface area (Å²) in [6.45, 7) is 4.42. The zero-order valence-electron chi connectivity index (χ0n) is 32.3. The van der Waals surface area contributed by atoms with Gasteiger partial charge in [0.1, 0.15) is 17.2 Å². The number of rotatable bonds is 19. The number of nitrogens with zero attached hydrogens (tertiary/aromatic N) is 2. The van der Waals surface area contributed by atoms with E-state index in [1.165, 1.54) is 17.0 Å². The molecule has 2 amide bonds. The highest BCUT2D eigenvalue weighted by Crippen LogP contribution is 2.36. The Kier molecular flexibility index (Phi) is 14.4. The summed E-state index contributed by atoms with van der Waals surface area (Å²) in [7, 11) is -2.23. The van der Waals surface area contributed by atoms with Crippen molar-refractivity contribution in [3.63, 3.8) is 0 Å². The highest BCUT2D eigenvalue weighted by molar-refractivity contribution is 7.86. The van der Waals surface area contributed by atoms with Gasteiger partial charge in [-0.25, -0.2) is 4.79 Å². The molecule has 1 fully saturated rings. The topological polar surface area (TPSA) is 150 Å². The minimum Gasteiger partial charge on any atom is -0.496 e. The number of anilines is 1. The van der Waals surface area contributed by atoms with Crippen LogP contribution in [0.2, 0.25) is 0 Å². The first kappa shape index (κ1) is 41.5. The van der Waals surface area contributed by atoms with Crippen molar-refractivity contribution < 1.29 is 51.0 Å². The van der Waals surface area contributed by atoms with E-state index in [1.807, 2.05) is 67.6 Å². The Morgan fingerprint density at radius 3 is 2.47 bits per heavy atom. The van der Waals surface area contributed by atoms with Crippen molar-refractivity contribution in [2.24, 2.45) is 0 Å². The zero-order chi connectivity index (χ0) is 40.2. The smallest absolute Gasteiger partial charge is 0.407 e. The van der Waals surface area contributed by atoms with E-state index in [0.29, 0.717) is 63.6 Å². The molecule has 304 valence electrons. The lowest BCUT2D eigenvalue weighted by atomic mass is 9.87. The number of carbonyl (C=O) groups excluding carboxylic acids is 1. The summed E-state index contributed by atoms with van der Waals surface area (Å²) in [5.41, 5.74) is 4.38. The van der Waals surface area contributed by atoms with Gasteiger partial charge < -0.3 is 38.6 Å². The van der Waals surface area contributed by atoms with Crippen molar-refractivity contribution in [1.29, 1.82) is 0 Å². The second-order valence-electron chi connectivity index (χ2n) is 14.0. The van der Waals surface area contributed by atoms with Crippen LogP contribution in [0.1, 0.15) is 53.9 Å². The van der Waals surface area contributed by atoms with Crippen molar-refractivity contribution in [3.8, 4) is 17.2 Å². The first-order valence-corrected chi connectivity index (χ1v) is 20.6. The summed E-state index contributed by atoms with van der Waals surface area (Å²) in [6, 6.07) is 27.6. The molecule has 2 aliphatic rings. The van der Waals surface area contributed by atoms with Crippen LogP contribution < -0.4 is 19.1 Å². The molecule has 0 aliphatic carbocycles. The van der Waals surface area contributed by atoms with Crippen LogP contribution in [0.3, 0.4) is 0 Å². The largest absolute Gasteiger partial charge is 0.496 e. The number of para-hydroxylation sites is 1. The first-order valence-electron chi connectivity index (χ1n) is 19.2. The number of unbranched alkanes of at least 4 members (excludes halogenated alkanes) is 1. The van der Waals surface area contributed by atoms with Gasteiger partial charge in [-0.15, -0.1) is 0 Å². The number of hydrogen-bond acceptors (Lipinski definition) is 10. The van der Waals surface area contributed by atoms with Crippen LogP contribution >= 0.6 is 0 Å². The number of aryl methyl sites for hydroxylation is 1. The Morgan fingerprint density at radius 2 is 1.70 bits per heavy atom. The molecule has 1 saturated heterocycles. The van der Waals surface area contributed by atoms with E-state index in [4.69, 9.17) is 27.9 Å². The highest BCUT2D eigenvalue weighted by atomic mass is 32.2. The number of amides is 2. The molecule has 2 heterocycles. The van der Waals surface area contributed by atoms with E-state index in [2.05, 4.69) is 0 Å². The molecular formula is C43H50N2O11S. The molecule has 57 heavy (non-hydrogen) atoms. The van der Waals surface area contributed by atoms with Crippen LogP contribution in [0.5, 0.6) is 17.2 Å². The number of hydrogen-bond donors (Lipinski definition) is 1. The van der Waals surface area contributed by atoms with Gasteiger partial charge in [-0.3, -0.25) is 8.98 Å². The maximum absolute atomic E-state index is 13.0. The van der Waals surface area contributed by atoms with E-state index >= 15 is 0 Å². The summed E-state index contributed by atoms with van der Waals surface area (Å²) < 4.78 is 59.7. The van der Waals surface area contributed by atoms with Crippen molar-refractivity contribution >= 4 is 27.8 Å². The fourth-order valence-electron chi connectivity index (χ4n) is 6.91. The average molecular weight is 803 g/mol.